The summed E-state index contributed by atoms with van der Waals surface area (Å²) in [4.78, 5) is 108. The summed E-state index contributed by atoms with van der Waals surface area (Å²) >= 11 is 0. The number of carbonyl (C=O) groups excluding carboxylic acids is 8. The molecule has 0 spiro atoms. The molecule has 4 atom stereocenters. The Labute approximate surface area is 424 Å². The van der Waals surface area contributed by atoms with Crippen molar-refractivity contribution in [2.24, 2.45) is 7.05 Å². The number of hydrogen-bond acceptors (Lipinski definition) is 10. The Morgan fingerprint density at radius 2 is 0.853 bits per heavy atom. The van der Waals surface area contributed by atoms with Crippen LogP contribution in [0.15, 0.2) is 121 Å². The lowest BCUT2D eigenvalue weighted by Gasteiger charge is -2.18. The van der Waals surface area contributed by atoms with E-state index in [0.717, 1.165) is 75.5 Å². The van der Waals surface area contributed by atoms with Crippen molar-refractivity contribution in [3.05, 3.63) is 144 Å². The average molecular weight is 997 g/mol. The van der Waals surface area contributed by atoms with Crippen LogP contribution >= 0.6 is 0 Å². The first-order chi connectivity index (χ1) is 36.2. The summed E-state index contributed by atoms with van der Waals surface area (Å²) in [6, 6.07) is 30.6. The highest BCUT2D eigenvalue weighted by Crippen LogP contribution is 2.50. The normalized spacial score (nSPS) is 19.1. The summed E-state index contributed by atoms with van der Waals surface area (Å²) in [5.41, 5.74) is 7.66. The maximum Gasteiger partial charge on any atom is 0.303 e. The highest BCUT2D eigenvalue weighted by Gasteiger charge is 2.46. The van der Waals surface area contributed by atoms with Gasteiger partial charge in [0.2, 0.25) is 11.8 Å². The molecule has 2 unspecified atom stereocenters. The second-order valence-electron chi connectivity index (χ2n) is 19.5. The molecule has 0 fully saturated rings. The smallest absolute Gasteiger partial charge is 0.303 e. The second-order valence-corrected chi connectivity index (χ2v) is 19.5. The molecule has 6 amide bonds. The molecule has 0 saturated heterocycles. The molecule has 0 bridgehead atoms. The highest BCUT2D eigenvalue weighted by molar-refractivity contribution is 6.43. The lowest BCUT2D eigenvalue weighted by atomic mass is 9.96. The third-order valence-electron chi connectivity index (χ3n) is 15.2. The fourth-order valence-corrected chi connectivity index (χ4v) is 12.5. The molecule has 16 nitrogen and oxygen atoms in total. The van der Waals surface area contributed by atoms with E-state index in [0.29, 0.717) is 34.4 Å². The van der Waals surface area contributed by atoms with Gasteiger partial charge in [0.15, 0.2) is 0 Å². The number of allylic oxidation sites excluding steroid dienone is 2. The predicted octanol–water partition coefficient (Wildman–Crippen LogP) is 10.0. The van der Waals surface area contributed by atoms with Crippen molar-refractivity contribution in [1.82, 2.24) is 28.5 Å². The molecular formula is C59H44N6O10. The third-order valence-corrected chi connectivity index (χ3v) is 15.2. The van der Waals surface area contributed by atoms with Crippen molar-refractivity contribution in [2.45, 2.75) is 64.8 Å². The number of aryl methyl sites for hydroxylation is 1. The lowest BCUT2D eigenvalue weighted by molar-refractivity contribution is -0.145. The first kappa shape index (κ1) is 45.4. The molecule has 75 heavy (non-hydrogen) atoms. The van der Waals surface area contributed by atoms with Gasteiger partial charge in [-0.25, -0.2) is 9.80 Å². The van der Waals surface area contributed by atoms with Crippen LogP contribution in [0.5, 0.6) is 0 Å². The zero-order valence-corrected chi connectivity index (χ0v) is 41.1. The molecule has 4 aromatic heterocycles. The number of aromatic amines is 1. The van der Waals surface area contributed by atoms with Crippen molar-refractivity contribution in [1.29, 1.82) is 0 Å². The zero-order valence-electron chi connectivity index (χ0n) is 41.1. The Kier molecular flexibility index (Phi) is 9.86. The van der Waals surface area contributed by atoms with E-state index in [1.807, 2.05) is 128 Å². The molecular weight excluding hydrogens is 953 g/mol. The summed E-state index contributed by atoms with van der Waals surface area (Å²) in [6.45, 7) is 5.25. The van der Waals surface area contributed by atoms with Crippen LogP contribution in [0.25, 0.3) is 87.2 Å². The van der Waals surface area contributed by atoms with E-state index in [4.69, 9.17) is 9.47 Å². The number of hydrogen-bond donors (Lipinski definition) is 1. The minimum Gasteiger partial charge on any atom is -0.458 e. The van der Waals surface area contributed by atoms with Gasteiger partial charge in [0, 0.05) is 113 Å². The predicted molar refractivity (Wildman–Crippen MR) is 281 cm³/mol. The van der Waals surface area contributed by atoms with E-state index in [9.17, 15) is 38.4 Å². The first-order valence-corrected chi connectivity index (χ1v) is 24.6. The Morgan fingerprint density at radius 3 is 1.33 bits per heavy atom. The zero-order chi connectivity index (χ0) is 52.0. The van der Waals surface area contributed by atoms with E-state index >= 15 is 0 Å². The van der Waals surface area contributed by atoms with Gasteiger partial charge in [0.1, 0.15) is 12.2 Å². The van der Waals surface area contributed by atoms with Crippen LogP contribution in [-0.4, -0.2) is 88.1 Å². The summed E-state index contributed by atoms with van der Waals surface area (Å²) in [5.74, 6) is -4.30. The fraction of sp³-hybridized carbons (Fsp3) is 0.186. The third kappa shape index (κ3) is 6.28. The fourth-order valence-electron chi connectivity index (χ4n) is 12.5. The first-order valence-electron chi connectivity index (χ1n) is 24.6. The minimum absolute atomic E-state index is 0.155. The van der Waals surface area contributed by atoms with Gasteiger partial charge in [-0.1, -0.05) is 84.9 Å². The number of para-hydroxylation sites is 4. The average Bonchev–Trinajstić information content (AvgIpc) is 4.33. The molecule has 6 heterocycles. The molecule has 14 rings (SSSR count). The van der Waals surface area contributed by atoms with Gasteiger partial charge in [0.25, 0.3) is 23.6 Å². The molecule has 0 radical (unpaired) electrons. The number of aromatic nitrogens is 4. The van der Waals surface area contributed by atoms with Gasteiger partial charge in [-0.15, -0.1) is 0 Å². The van der Waals surface area contributed by atoms with Crippen molar-refractivity contribution in [3.63, 3.8) is 0 Å². The van der Waals surface area contributed by atoms with Gasteiger partial charge in [-0.2, -0.15) is 0 Å². The largest absolute Gasteiger partial charge is 0.458 e. The Balaban J connectivity index is 0.000000144. The van der Waals surface area contributed by atoms with Crippen LogP contribution in [0, 0.1) is 0 Å². The maximum atomic E-state index is 13.8. The number of benzene rings is 6. The number of rotatable bonds is 4. The number of nitrogens with one attached hydrogen (secondary N) is 1. The number of carbonyl (C=O) groups is 8. The Bertz CT molecular complexity index is 4430. The number of amides is 6. The van der Waals surface area contributed by atoms with E-state index < -0.39 is 35.4 Å². The Hall–Kier alpha value is -9.44. The topological polar surface area (TPSA) is 192 Å². The standard InChI is InChI=1S/C30H23N3O5.C29H21N3O5/c1-15(34)32-29(36)25-23-19-8-4-6-10-21(19)31(3)27(23)28-24(26(25)30(32)37)20-9-5-7-11-22(20)33(28)17-12-13-18(14-17)38-16(2)35;1-14(33)31-28(35)24-22-18-7-3-5-9-20(18)30-26(22)27-23(25(24)29(31)36)19-8-4-6-10-21(19)32(27)16-11-12-17(13-16)37-15(2)34/h4-13,17-18H,14H2,1-3H3;3-12,16-17,30H,13H2,1-2H3/t17?,18-;16?,17-/m11/s1. The van der Waals surface area contributed by atoms with Gasteiger partial charge < -0.3 is 28.2 Å². The van der Waals surface area contributed by atoms with Gasteiger partial charge in [-0.05, 0) is 36.4 Å². The summed E-state index contributed by atoms with van der Waals surface area (Å²) in [6.07, 6.45) is 8.18. The van der Waals surface area contributed by atoms with Gasteiger partial charge >= 0.3 is 11.9 Å². The number of H-pyrrole nitrogens is 1. The van der Waals surface area contributed by atoms with Crippen molar-refractivity contribution < 1.29 is 47.8 Å². The molecule has 0 saturated carbocycles. The van der Waals surface area contributed by atoms with E-state index in [2.05, 4.69) is 18.7 Å². The number of nitrogens with zero attached hydrogens (tertiary/aromatic N) is 5. The number of fused-ring (bicyclic) bond motifs is 20. The number of ether oxygens (including phenoxy) is 2. The monoisotopic (exact) mass is 996 g/mol. The molecule has 10 aromatic rings. The maximum absolute atomic E-state index is 13.8. The SMILES string of the molecule is CC(=O)O[C@@H]1C=CC(n2c3ccccc3c3c4c(c5c6ccccc6[nH]c5c32)C(=O)N(C(C)=O)C4=O)C1.CC(=O)O[C@@H]1C=CC(n2c3ccccc3c3c4c(c5c6ccccc6n(C)c5c32)C(=O)N(C(C)=O)C4=O)C1. The molecule has 1 N–H and O–H groups in total. The van der Waals surface area contributed by atoms with Crippen LogP contribution < -0.4 is 0 Å². The molecule has 370 valence electrons. The van der Waals surface area contributed by atoms with E-state index in [1.54, 1.807) is 0 Å². The number of imide groups is 6. The van der Waals surface area contributed by atoms with Crippen LogP contribution in [0.4, 0.5) is 0 Å². The molecule has 6 aromatic carbocycles. The molecule has 2 aliphatic heterocycles. The van der Waals surface area contributed by atoms with Crippen molar-refractivity contribution in [2.75, 3.05) is 0 Å². The number of esters is 2. The van der Waals surface area contributed by atoms with E-state index in [1.165, 1.54) is 27.7 Å². The van der Waals surface area contributed by atoms with Crippen LogP contribution in [-0.2, 0) is 35.7 Å². The molecule has 4 aliphatic rings. The van der Waals surface area contributed by atoms with Crippen molar-refractivity contribution in [3.8, 4) is 0 Å². The van der Waals surface area contributed by atoms with Gasteiger partial charge in [-0.3, -0.25) is 38.4 Å². The van der Waals surface area contributed by atoms with Crippen LogP contribution in [0.1, 0.15) is 94.1 Å². The van der Waals surface area contributed by atoms with Crippen molar-refractivity contribution >= 4 is 135 Å². The van der Waals surface area contributed by atoms with E-state index in [-0.39, 0.29) is 58.5 Å². The summed E-state index contributed by atoms with van der Waals surface area (Å²) in [5, 5.41) is 5.85. The van der Waals surface area contributed by atoms with Crippen LogP contribution in [0.3, 0.4) is 0 Å². The van der Waals surface area contributed by atoms with Crippen LogP contribution in [0.2, 0.25) is 0 Å². The molecule has 2 aliphatic carbocycles. The quantitative estimate of drug-likeness (QED) is 0.101. The highest BCUT2D eigenvalue weighted by atomic mass is 16.5. The minimum atomic E-state index is -0.612. The lowest BCUT2D eigenvalue weighted by Crippen LogP contribution is -2.34. The second kappa shape index (κ2) is 16.3. The summed E-state index contributed by atoms with van der Waals surface area (Å²) < 4.78 is 17.3. The Morgan fingerprint density at radius 1 is 0.467 bits per heavy atom. The summed E-state index contributed by atoms with van der Waals surface area (Å²) in [7, 11) is 1.95. The molecule has 16 heteroatoms. The van der Waals surface area contributed by atoms with Gasteiger partial charge in [0.05, 0.1) is 56.4 Å².